The molecule has 0 spiro atoms. The molecule has 0 aliphatic rings. The van der Waals surface area contributed by atoms with Gasteiger partial charge in [0.1, 0.15) is 0 Å². The van der Waals surface area contributed by atoms with E-state index in [0.29, 0.717) is 16.9 Å². The molecule has 0 radical (unpaired) electrons. The van der Waals surface area contributed by atoms with Crippen LogP contribution in [0.15, 0.2) is 48.5 Å². The fourth-order valence-corrected chi connectivity index (χ4v) is 2.11. The van der Waals surface area contributed by atoms with E-state index in [4.69, 9.17) is 5.11 Å². The van der Waals surface area contributed by atoms with Crippen molar-refractivity contribution in [2.45, 2.75) is 19.8 Å². The first kappa shape index (κ1) is 17.2. The molecule has 2 rings (SSSR count). The second kappa shape index (κ2) is 7.92. The van der Waals surface area contributed by atoms with Gasteiger partial charge >= 0.3 is 5.97 Å². The number of amides is 2. The molecular formula is C18H18N2O4. The fourth-order valence-electron chi connectivity index (χ4n) is 2.11. The summed E-state index contributed by atoms with van der Waals surface area (Å²) in [5.41, 5.74) is 2.63. The minimum Gasteiger partial charge on any atom is -0.481 e. The van der Waals surface area contributed by atoms with E-state index in [-0.39, 0.29) is 24.7 Å². The minimum absolute atomic E-state index is 0.0822. The van der Waals surface area contributed by atoms with Gasteiger partial charge in [-0.05, 0) is 42.8 Å². The Labute approximate surface area is 139 Å². The lowest BCUT2D eigenvalue weighted by Crippen LogP contribution is -2.14. The van der Waals surface area contributed by atoms with Crippen molar-refractivity contribution in [3.63, 3.8) is 0 Å². The third-order valence-corrected chi connectivity index (χ3v) is 3.38. The second-order valence-electron chi connectivity index (χ2n) is 5.29. The summed E-state index contributed by atoms with van der Waals surface area (Å²) < 4.78 is 0. The van der Waals surface area contributed by atoms with E-state index in [9.17, 15) is 14.4 Å². The standard InChI is InChI=1S/C18H18N2O4/c1-12-4-2-3-5-15(12)18(24)20-14-8-6-13(7-9-14)19-16(21)10-11-17(22)23/h2-9H,10-11H2,1H3,(H,19,21)(H,20,24)(H,22,23). The molecule has 0 saturated heterocycles. The maximum atomic E-state index is 12.2. The molecule has 3 N–H and O–H groups in total. The number of benzene rings is 2. The Balaban J connectivity index is 1.95. The van der Waals surface area contributed by atoms with Gasteiger partial charge < -0.3 is 15.7 Å². The lowest BCUT2D eigenvalue weighted by atomic mass is 10.1. The molecule has 0 unspecified atom stereocenters. The molecule has 0 atom stereocenters. The number of hydrogen-bond donors (Lipinski definition) is 3. The first-order valence-corrected chi connectivity index (χ1v) is 7.44. The Morgan fingerprint density at radius 1 is 0.875 bits per heavy atom. The van der Waals surface area contributed by atoms with Crippen LogP contribution in [0.5, 0.6) is 0 Å². The number of nitrogens with one attached hydrogen (secondary N) is 2. The third kappa shape index (κ3) is 4.95. The van der Waals surface area contributed by atoms with Crippen LogP contribution in [-0.2, 0) is 9.59 Å². The summed E-state index contributed by atoms with van der Waals surface area (Å²) in [4.78, 5) is 34.2. The smallest absolute Gasteiger partial charge is 0.303 e. The number of carbonyl (C=O) groups excluding carboxylic acids is 2. The van der Waals surface area contributed by atoms with Crippen LogP contribution in [0.25, 0.3) is 0 Å². The lowest BCUT2D eigenvalue weighted by Gasteiger charge is -2.09. The van der Waals surface area contributed by atoms with Crippen LogP contribution in [-0.4, -0.2) is 22.9 Å². The van der Waals surface area contributed by atoms with Crippen molar-refractivity contribution in [3.8, 4) is 0 Å². The molecule has 24 heavy (non-hydrogen) atoms. The van der Waals surface area contributed by atoms with Crippen LogP contribution in [0.3, 0.4) is 0 Å². The van der Waals surface area contributed by atoms with Crippen LogP contribution in [0.1, 0.15) is 28.8 Å². The minimum atomic E-state index is -1.01. The van der Waals surface area contributed by atoms with Gasteiger partial charge in [0.25, 0.3) is 5.91 Å². The zero-order valence-corrected chi connectivity index (χ0v) is 13.2. The molecule has 6 heteroatoms. The first-order chi connectivity index (χ1) is 11.5. The monoisotopic (exact) mass is 326 g/mol. The topological polar surface area (TPSA) is 95.5 Å². The van der Waals surface area contributed by atoms with Gasteiger partial charge in [0.15, 0.2) is 0 Å². The highest BCUT2D eigenvalue weighted by Crippen LogP contribution is 2.16. The van der Waals surface area contributed by atoms with Gasteiger partial charge in [-0.1, -0.05) is 18.2 Å². The molecule has 0 heterocycles. The summed E-state index contributed by atoms with van der Waals surface area (Å²) in [7, 11) is 0. The molecule has 2 aromatic rings. The number of aryl methyl sites for hydroxylation is 1. The average Bonchev–Trinajstić information content (AvgIpc) is 2.55. The number of carboxylic acid groups (broad SMARTS) is 1. The molecule has 0 bridgehead atoms. The summed E-state index contributed by atoms with van der Waals surface area (Å²) >= 11 is 0. The van der Waals surface area contributed by atoms with Crippen molar-refractivity contribution in [1.82, 2.24) is 0 Å². The van der Waals surface area contributed by atoms with Crippen molar-refractivity contribution in [2.75, 3.05) is 10.6 Å². The molecule has 6 nitrogen and oxygen atoms in total. The van der Waals surface area contributed by atoms with Crippen LogP contribution < -0.4 is 10.6 Å². The van der Waals surface area contributed by atoms with E-state index in [1.54, 1.807) is 36.4 Å². The van der Waals surface area contributed by atoms with Gasteiger partial charge in [-0.2, -0.15) is 0 Å². The van der Waals surface area contributed by atoms with Gasteiger partial charge in [0.05, 0.1) is 6.42 Å². The van der Waals surface area contributed by atoms with E-state index >= 15 is 0 Å². The van der Waals surface area contributed by atoms with Crippen LogP contribution in [0.2, 0.25) is 0 Å². The normalized spacial score (nSPS) is 10.0. The third-order valence-electron chi connectivity index (χ3n) is 3.38. The number of aliphatic carboxylic acids is 1. The number of rotatable bonds is 6. The Morgan fingerprint density at radius 2 is 1.46 bits per heavy atom. The highest BCUT2D eigenvalue weighted by atomic mass is 16.4. The van der Waals surface area contributed by atoms with E-state index in [1.807, 2.05) is 19.1 Å². The molecular weight excluding hydrogens is 308 g/mol. The predicted octanol–water partition coefficient (Wildman–Crippen LogP) is 3.05. The van der Waals surface area contributed by atoms with Gasteiger partial charge in [0, 0.05) is 23.4 Å². The van der Waals surface area contributed by atoms with Gasteiger partial charge in [0.2, 0.25) is 5.91 Å². The van der Waals surface area contributed by atoms with Crippen molar-refractivity contribution in [1.29, 1.82) is 0 Å². The zero-order chi connectivity index (χ0) is 17.5. The molecule has 2 amide bonds. The molecule has 0 aromatic heterocycles. The Bertz CT molecular complexity index is 754. The summed E-state index contributed by atoms with van der Waals surface area (Å²) in [5.74, 6) is -1.58. The predicted molar refractivity (Wildman–Crippen MR) is 91.1 cm³/mol. The Morgan fingerprint density at radius 3 is 2.04 bits per heavy atom. The van der Waals surface area contributed by atoms with Crippen LogP contribution in [0, 0.1) is 6.92 Å². The fraction of sp³-hybridized carbons (Fsp3) is 0.167. The van der Waals surface area contributed by atoms with Crippen LogP contribution >= 0.6 is 0 Å². The quantitative estimate of drug-likeness (QED) is 0.760. The van der Waals surface area contributed by atoms with Crippen molar-refractivity contribution in [2.24, 2.45) is 0 Å². The number of hydrogen-bond acceptors (Lipinski definition) is 3. The van der Waals surface area contributed by atoms with E-state index in [0.717, 1.165) is 5.56 Å². The van der Waals surface area contributed by atoms with Gasteiger partial charge in [-0.3, -0.25) is 14.4 Å². The molecule has 124 valence electrons. The molecule has 2 aromatic carbocycles. The molecule has 0 aliphatic carbocycles. The summed E-state index contributed by atoms with van der Waals surface area (Å²) in [6.45, 7) is 1.87. The largest absolute Gasteiger partial charge is 0.481 e. The lowest BCUT2D eigenvalue weighted by molar-refractivity contribution is -0.138. The summed E-state index contributed by atoms with van der Waals surface area (Å²) in [5, 5.41) is 13.9. The Hall–Kier alpha value is -3.15. The average molecular weight is 326 g/mol. The Kier molecular flexibility index (Phi) is 5.68. The van der Waals surface area contributed by atoms with E-state index in [1.165, 1.54) is 0 Å². The van der Waals surface area contributed by atoms with Crippen molar-refractivity contribution < 1.29 is 19.5 Å². The van der Waals surface area contributed by atoms with Crippen LogP contribution in [0.4, 0.5) is 11.4 Å². The second-order valence-corrected chi connectivity index (χ2v) is 5.29. The van der Waals surface area contributed by atoms with E-state index < -0.39 is 5.97 Å². The maximum Gasteiger partial charge on any atom is 0.303 e. The van der Waals surface area contributed by atoms with Gasteiger partial charge in [-0.15, -0.1) is 0 Å². The van der Waals surface area contributed by atoms with Crippen molar-refractivity contribution in [3.05, 3.63) is 59.7 Å². The SMILES string of the molecule is Cc1ccccc1C(=O)Nc1ccc(NC(=O)CCC(=O)O)cc1. The summed E-state index contributed by atoms with van der Waals surface area (Å²) in [6.07, 6.45) is -0.294. The van der Waals surface area contributed by atoms with Crippen molar-refractivity contribution >= 4 is 29.2 Å². The number of carboxylic acids is 1. The molecule has 0 fully saturated rings. The summed E-state index contributed by atoms with van der Waals surface area (Å²) in [6, 6.07) is 13.9. The molecule has 0 aliphatic heterocycles. The molecule has 0 saturated carbocycles. The van der Waals surface area contributed by atoms with E-state index in [2.05, 4.69) is 10.6 Å². The highest BCUT2D eigenvalue weighted by molar-refractivity contribution is 6.05. The zero-order valence-electron chi connectivity index (χ0n) is 13.2. The number of anilines is 2. The first-order valence-electron chi connectivity index (χ1n) is 7.44. The number of carbonyl (C=O) groups is 3. The van der Waals surface area contributed by atoms with Gasteiger partial charge in [-0.25, -0.2) is 0 Å². The highest BCUT2D eigenvalue weighted by Gasteiger charge is 2.09. The maximum absolute atomic E-state index is 12.2.